The van der Waals surface area contributed by atoms with Crippen molar-refractivity contribution in [2.75, 3.05) is 11.9 Å². The largest absolute Gasteiger partial charge is 0.393 e. The average Bonchev–Trinajstić information content (AvgIpc) is 3.18. The topological polar surface area (TPSA) is 93.7 Å². The van der Waals surface area contributed by atoms with Crippen molar-refractivity contribution in [1.29, 1.82) is 0 Å². The Bertz CT molecular complexity index is 716. The maximum Gasteiger partial charge on any atom is 0.320 e. The van der Waals surface area contributed by atoms with E-state index in [9.17, 15) is 14.4 Å². The molecule has 1 aromatic rings. The zero-order chi connectivity index (χ0) is 16.0. The van der Waals surface area contributed by atoms with Gasteiger partial charge in [-0.15, -0.1) is 0 Å². The van der Waals surface area contributed by atoms with Gasteiger partial charge in [-0.25, -0.2) is 4.79 Å². The summed E-state index contributed by atoms with van der Waals surface area (Å²) in [5.41, 5.74) is -0.352. The predicted octanol–water partition coefficient (Wildman–Crippen LogP) is 0.831. The van der Waals surface area contributed by atoms with Crippen LogP contribution in [0.3, 0.4) is 0 Å². The summed E-state index contributed by atoms with van der Waals surface area (Å²) in [4.78, 5) is 35.6. The molecule has 0 saturated carbocycles. The van der Waals surface area contributed by atoms with Crippen molar-refractivity contribution in [3.05, 3.63) is 42.5 Å². The number of hydrogen-bond donors (Lipinski definition) is 2. The lowest BCUT2D eigenvalue weighted by molar-refractivity contribution is -0.158. The monoisotopic (exact) mass is 314 g/mol. The van der Waals surface area contributed by atoms with E-state index < -0.39 is 41.5 Å². The van der Waals surface area contributed by atoms with Gasteiger partial charge in [-0.2, -0.15) is 0 Å². The molecule has 2 fully saturated rings. The number of cyclic esters (lactones) is 2. The summed E-state index contributed by atoms with van der Waals surface area (Å²) in [6.07, 6.45) is 3.03. The smallest absolute Gasteiger partial charge is 0.320 e. The first-order chi connectivity index (χ1) is 11.1. The molecule has 7 heteroatoms. The number of benzene rings is 1. The number of carbonyl (C=O) groups is 3. The first kappa shape index (κ1) is 14.0. The van der Waals surface area contributed by atoms with Crippen LogP contribution in [0, 0.1) is 11.8 Å². The van der Waals surface area contributed by atoms with Crippen LogP contribution in [0.5, 0.6) is 0 Å². The van der Waals surface area contributed by atoms with Crippen LogP contribution in [0.2, 0.25) is 0 Å². The van der Waals surface area contributed by atoms with Gasteiger partial charge in [0, 0.05) is 5.69 Å². The van der Waals surface area contributed by atoms with E-state index in [0.717, 1.165) is 0 Å². The second-order valence-electron chi connectivity index (χ2n) is 5.81. The summed E-state index contributed by atoms with van der Waals surface area (Å²) >= 11 is 0. The SMILES string of the molecule is O=C(NC[C@]12C=C[C@H](O1)[C@@H]1C(=O)OC(=O)[C@@H]12)Nc1ccccc1. The predicted molar refractivity (Wildman–Crippen MR) is 78.3 cm³/mol. The van der Waals surface area contributed by atoms with Gasteiger partial charge in [-0.05, 0) is 12.1 Å². The van der Waals surface area contributed by atoms with E-state index in [4.69, 9.17) is 9.47 Å². The van der Waals surface area contributed by atoms with E-state index >= 15 is 0 Å². The van der Waals surface area contributed by atoms with Gasteiger partial charge in [0.2, 0.25) is 0 Å². The standard InChI is InChI=1S/C16H14N2O5/c19-13-11-10-6-7-16(23-10,12(11)14(20)22-13)8-17-15(21)18-9-4-2-1-3-5-9/h1-7,10-12H,8H2,(H2,17,18,21)/t10-,11-,12+,16-/m0/s1. The fourth-order valence-corrected chi connectivity index (χ4v) is 3.43. The Kier molecular flexibility index (Phi) is 2.99. The Labute approximate surface area is 131 Å². The van der Waals surface area contributed by atoms with Gasteiger partial charge in [-0.1, -0.05) is 30.4 Å². The first-order valence-corrected chi connectivity index (χ1v) is 7.32. The third-order valence-corrected chi connectivity index (χ3v) is 4.45. The highest BCUT2D eigenvalue weighted by molar-refractivity contribution is 5.99. The third-order valence-electron chi connectivity index (χ3n) is 4.45. The fraction of sp³-hybridized carbons (Fsp3) is 0.312. The molecule has 23 heavy (non-hydrogen) atoms. The van der Waals surface area contributed by atoms with Gasteiger partial charge in [0.15, 0.2) is 0 Å². The highest BCUT2D eigenvalue weighted by atomic mass is 16.6. The zero-order valence-corrected chi connectivity index (χ0v) is 12.0. The van der Waals surface area contributed by atoms with Crippen molar-refractivity contribution in [1.82, 2.24) is 5.32 Å². The number of rotatable bonds is 3. The summed E-state index contributed by atoms with van der Waals surface area (Å²) < 4.78 is 10.5. The Morgan fingerprint density at radius 3 is 2.74 bits per heavy atom. The Hall–Kier alpha value is -2.67. The van der Waals surface area contributed by atoms with E-state index in [1.54, 1.807) is 24.3 Å². The van der Waals surface area contributed by atoms with Crippen LogP contribution in [0.15, 0.2) is 42.5 Å². The molecule has 3 aliphatic heterocycles. The number of carbonyl (C=O) groups excluding carboxylic acids is 3. The van der Waals surface area contributed by atoms with Crippen LogP contribution in [0.1, 0.15) is 0 Å². The second kappa shape index (κ2) is 4.92. The Morgan fingerprint density at radius 2 is 1.96 bits per heavy atom. The van der Waals surface area contributed by atoms with Crippen molar-refractivity contribution < 1.29 is 23.9 Å². The van der Waals surface area contributed by atoms with Gasteiger partial charge in [-0.3, -0.25) is 9.59 Å². The molecule has 0 spiro atoms. The van der Waals surface area contributed by atoms with Gasteiger partial charge in [0.1, 0.15) is 17.4 Å². The van der Waals surface area contributed by atoms with Crippen LogP contribution in [0.25, 0.3) is 0 Å². The third kappa shape index (κ3) is 2.12. The van der Waals surface area contributed by atoms with E-state index in [1.165, 1.54) is 0 Å². The van der Waals surface area contributed by atoms with E-state index in [0.29, 0.717) is 5.69 Å². The number of fused-ring (bicyclic) bond motifs is 5. The number of esters is 2. The van der Waals surface area contributed by atoms with Crippen LogP contribution in [-0.4, -0.2) is 36.2 Å². The number of para-hydroxylation sites is 1. The maximum atomic E-state index is 12.0. The summed E-state index contributed by atoms with van der Waals surface area (Å²) in [6.45, 7) is 0.0855. The Balaban J connectivity index is 1.45. The lowest BCUT2D eigenvalue weighted by Crippen LogP contribution is -2.48. The molecule has 2 bridgehead atoms. The minimum Gasteiger partial charge on any atom is -0.393 e. The van der Waals surface area contributed by atoms with Crippen molar-refractivity contribution in [3.8, 4) is 0 Å². The molecular weight excluding hydrogens is 300 g/mol. The molecule has 2 saturated heterocycles. The van der Waals surface area contributed by atoms with E-state index in [1.807, 2.05) is 18.2 Å². The highest BCUT2D eigenvalue weighted by Crippen LogP contribution is 2.50. The van der Waals surface area contributed by atoms with E-state index in [2.05, 4.69) is 10.6 Å². The van der Waals surface area contributed by atoms with Gasteiger partial charge in [0.05, 0.1) is 12.6 Å². The number of hydrogen-bond acceptors (Lipinski definition) is 5. The summed E-state index contributed by atoms with van der Waals surface area (Å²) in [5.74, 6) is -2.43. The van der Waals surface area contributed by atoms with Gasteiger partial charge < -0.3 is 20.1 Å². The molecule has 0 unspecified atom stereocenters. The zero-order valence-electron chi connectivity index (χ0n) is 12.0. The number of nitrogens with one attached hydrogen (secondary N) is 2. The minimum absolute atomic E-state index is 0.0855. The minimum atomic E-state index is -1.01. The van der Waals surface area contributed by atoms with Crippen LogP contribution < -0.4 is 10.6 Å². The maximum absolute atomic E-state index is 12.0. The molecule has 2 amide bonds. The number of anilines is 1. The van der Waals surface area contributed by atoms with Crippen LogP contribution in [-0.2, 0) is 19.1 Å². The second-order valence-corrected chi connectivity index (χ2v) is 5.81. The lowest BCUT2D eigenvalue weighted by atomic mass is 9.77. The summed E-state index contributed by atoms with van der Waals surface area (Å²) in [7, 11) is 0. The lowest BCUT2D eigenvalue weighted by Gasteiger charge is -2.27. The van der Waals surface area contributed by atoms with E-state index in [-0.39, 0.29) is 6.54 Å². The molecule has 118 valence electrons. The first-order valence-electron chi connectivity index (χ1n) is 7.32. The van der Waals surface area contributed by atoms with Crippen molar-refractivity contribution in [2.24, 2.45) is 11.8 Å². The molecule has 2 N–H and O–H groups in total. The molecule has 7 nitrogen and oxygen atoms in total. The van der Waals surface area contributed by atoms with Crippen LogP contribution in [0.4, 0.5) is 10.5 Å². The molecule has 0 aliphatic carbocycles. The van der Waals surface area contributed by atoms with Crippen molar-refractivity contribution in [3.63, 3.8) is 0 Å². The average molecular weight is 314 g/mol. The molecule has 4 atom stereocenters. The normalized spacial score (nSPS) is 33.5. The molecule has 0 radical (unpaired) electrons. The number of ether oxygens (including phenoxy) is 2. The van der Waals surface area contributed by atoms with Crippen LogP contribution >= 0.6 is 0 Å². The van der Waals surface area contributed by atoms with Gasteiger partial charge >= 0.3 is 18.0 Å². The molecule has 1 aromatic carbocycles. The number of urea groups is 1. The molecule has 0 aromatic heterocycles. The highest BCUT2D eigenvalue weighted by Gasteiger charge is 2.66. The molecule has 3 heterocycles. The van der Waals surface area contributed by atoms with Crippen molar-refractivity contribution in [2.45, 2.75) is 11.7 Å². The summed E-state index contributed by atoms with van der Waals surface area (Å²) in [6, 6.07) is 8.58. The quantitative estimate of drug-likeness (QED) is 0.490. The molecule has 4 rings (SSSR count). The Morgan fingerprint density at radius 1 is 1.17 bits per heavy atom. The fourth-order valence-electron chi connectivity index (χ4n) is 3.43. The molecular formula is C16H14N2O5. The molecule has 3 aliphatic rings. The van der Waals surface area contributed by atoms with Gasteiger partial charge in [0.25, 0.3) is 0 Å². The summed E-state index contributed by atoms with van der Waals surface area (Å²) in [5, 5.41) is 5.38. The van der Waals surface area contributed by atoms with Crippen molar-refractivity contribution >= 4 is 23.7 Å². The number of amides is 2.